The van der Waals surface area contributed by atoms with Crippen LogP contribution in [0.5, 0.6) is 5.75 Å². The number of nitrogens with zero attached hydrogens (tertiary/aromatic N) is 1. The van der Waals surface area contributed by atoms with E-state index in [1.165, 1.54) is 0 Å². The van der Waals surface area contributed by atoms with Gasteiger partial charge in [-0.2, -0.15) is 0 Å². The quantitative estimate of drug-likeness (QED) is 0.768. The highest BCUT2D eigenvalue weighted by Crippen LogP contribution is 2.27. The summed E-state index contributed by atoms with van der Waals surface area (Å²) in [7, 11) is -1.92. The van der Waals surface area contributed by atoms with Gasteiger partial charge in [0.1, 0.15) is 11.4 Å². The zero-order valence-corrected chi connectivity index (χ0v) is 13.8. The molecule has 0 saturated heterocycles. The Morgan fingerprint density at radius 1 is 1.04 bits per heavy atom. The van der Waals surface area contributed by atoms with Crippen LogP contribution in [0.2, 0.25) is 0 Å². The summed E-state index contributed by atoms with van der Waals surface area (Å²) in [5.41, 5.74) is 3.01. The van der Waals surface area contributed by atoms with E-state index in [4.69, 9.17) is 14.4 Å². The van der Waals surface area contributed by atoms with E-state index >= 15 is 0 Å². The van der Waals surface area contributed by atoms with Gasteiger partial charge in [-0.15, -0.1) is 0 Å². The molecule has 0 aliphatic heterocycles. The molecule has 0 spiro atoms. The third-order valence-corrected chi connectivity index (χ3v) is 4.24. The van der Waals surface area contributed by atoms with E-state index in [9.17, 15) is 8.42 Å². The molecular weight excluding hydrogens is 328 g/mol. The molecule has 0 atom stereocenters. The van der Waals surface area contributed by atoms with Crippen LogP contribution in [0.1, 0.15) is 5.56 Å². The van der Waals surface area contributed by atoms with Gasteiger partial charge < -0.3 is 9.26 Å². The highest BCUT2D eigenvalue weighted by atomic mass is 32.2. The Hall–Kier alpha value is -2.64. The molecule has 0 radical (unpaired) electrons. The molecule has 6 nitrogen and oxygen atoms in total. The highest BCUT2D eigenvalue weighted by molar-refractivity contribution is 7.88. The second-order valence-electron chi connectivity index (χ2n) is 5.31. The Bertz CT molecular complexity index is 929. The number of benzene rings is 2. The summed E-state index contributed by atoms with van der Waals surface area (Å²) in [5.74, 6) is 1.22. The van der Waals surface area contributed by atoms with Crippen molar-refractivity contribution in [1.82, 2.24) is 5.16 Å². The van der Waals surface area contributed by atoms with E-state index in [1.54, 1.807) is 31.4 Å². The maximum absolute atomic E-state index is 11.1. The van der Waals surface area contributed by atoms with E-state index in [-0.39, 0.29) is 5.75 Å². The average molecular weight is 344 g/mol. The van der Waals surface area contributed by atoms with Crippen LogP contribution in [-0.4, -0.2) is 20.7 Å². The van der Waals surface area contributed by atoms with Gasteiger partial charge in [0, 0.05) is 17.2 Å². The molecule has 7 heteroatoms. The zero-order chi connectivity index (χ0) is 17.2. The molecule has 1 aromatic heterocycles. The van der Waals surface area contributed by atoms with Crippen LogP contribution < -0.4 is 9.88 Å². The minimum absolute atomic E-state index is 0.191. The molecule has 3 rings (SSSR count). The molecule has 1 heterocycles. The third kappa shape index (κ3) is 3.81. The lowest BCUT2D eigenvalue weighted by atomic mass is 10.1. The predicted octanol–water partition coefficient (Wildman–Crippen LogP) is 2.81. The lowest BCUT2D eigenvalue weighted by Gasteiger charge is -2.00. The predicted molar refractivity (Wildman–Crippen MR) is 90.7 cm³/mol. The monoisotopic (exact) mass is 344 g/mol. The van der Waals surface area contributed by atoms with Gasteiger partial charge in [-0.3, -0.25) is 0 Å². The lowest BCUT2D eigenvalue weighted by Crippen LogP contribution is -2.14. The summed E-state index contributed by atoms with van der Waals surface area (Å²) < 4.78 is 32.7. The van der Waals surface area contributed by atoms with Gasteiger partial charge in [0.2, 0.25) is 10.0 Å². The molecule has 24 heavy (non-hydrogen) atoms. The number of hydrogen-bond acceptors (Lipinski definition) is 5. The van der Waals surface area contributed by atoms with Crippen LogP contribution in [0.15, 0.2) is 59.1 Å². The van der Waals surface area contributed by atoms with E-state index < -0.39 is 10.0 Å². The average Bonchev–Trinajstić information content (AvgIpc) is 3.04. The maximum Gasteiger partial charge on any atom is 0.213 e. The van der Waals surface area contributed by atoms with Crippen molar-refractivity contribution in [2.24, 2.45) is 5.14 Å². The largest absolute Gasteiger partial charge is 0.497 e. The summed E-state index contributed by atoms with van der Waals surface area (Å²) in [4.78, 5) is 0. The first kappa shape index (κ1) is 16.2. The van der Waals surface area contributed by atoms with Crippen molar-refractivity contribution in [3.8, 4) is 28.3 Å². The Labute approximate surface area is 139 Å². The van der Waals surface area contributed by atoms with Crippen molar-refractivity contribution >= 4 is 10.0 Å². The molecule has 2 aromatic carbocycles. The van der Waals surface area contributed by atoms with Crippen molar-refractivity contribution in [2.75, 3.05) is 7.11 Å². The zero-order valence-electron chi connectivity index (χ0n) is 13.0. The van der Waals surface area contributed by atoms with Crippen LogP contribution >= 0.6 is 0 Å². The van der Waals surface area contributed by atoms with Crippen molar-refractivity contribution in [2.45, 2.75) is 5.75 Å². The van der Waals surface area contributed by atoms with Crippen LogP contribution in [0.25, 0.3) is 22.6 Å². The fraction of sp³-hybridized carbons (Fsp3) is 0.118. The van der Waals surface area contributed by atoms with E-state index in [1.807, 2.05) is 30.3 Å². The molecule has 0 saturated carbocycles. The highest BCUT2D eigenvalue weighted by Gasteiger charge is 2.10. The van der Waals surface area contributed by atoms with Crippen molar-refractivity contribution in [3.63, 3.8) is 0 Å². The molecule has 2 N–H and O–H groups in total. The molecule has 0 aliphatic carbocycles. The molecule has 3 aromatic rings. The molecule has 0 bridgehead atoms. The number of nitrogens with two attached hydrogens (primary N) is 1. The van der Waals surface area contributed by atoms with Crippen LogP contribution in [0.4, 0.5) is 0 Å². The number of aromatic nitrogens is 1. The second-order valence-corrected chi connectivity index (χ2v) is 6.92. The molecule has 0 unspecified atom stereocenters. The van der Waals surface area contributed by atoms with Crippen LogP contribution in [0, 0.1) is 0 Å². The molecular formula is C17H16N2O4S. The minimum atomic E-state index is -3.54. The number of rotatable bonds is 5. The fourth-order valence-electron chi connectivity index (χ4n) is 2.31. The Kier molecular flexibility index (Phi) is 4.37. The lowest BCUT2D eigenvalue weighted by molar-refractivity contribution is 0.414. The first-order valence-corrected chi connectivity index (χ1v) is 8.87. The van der Waals surface area contributed by atoms with Gasteiger partial charge in [0.05, 0.1) is 12.9 Å². The second kappa shape index (κ2) is 6.46. The first-order chi connectivity index (χ1) is 11.4. The maximum atomic E-state index is 11.1. The van der Waals surface area contributed by atoms with E-state index in [0.717, 1.165) is 16.9 Å². The summed E-state index contributed by atoms with van der Waals surface area (Å²) in [6.07, 6.45) is 0. The Morgan fingerprint density at radius 3 is 2.25 bits per heavy atom. The van der Waals surface area contributed by atoms with Crippen molar-refractivity contribution < 1.29 is 17.7 Å². The molecule has 0 fully saturated rings. The first-order valence-electron chi connectivity index (χ1n) is 7.15. The standard InChI is InChI=1S/C17H16N2O4S/c1-22-15-8-6-14(7-9-15)17-10-16(19-23-17)13-4-2-12(3-5-13)11-24(18,20)21/h2-10H,11H2,1H3,(H2,18,20,21). The summed E-state index contributed by atoms with van der Waals surface area (Å²) >= 11 is 0. The summed E-state index contributed by atoms with van der Waals surface area (Å²) in [6, 6.07) is 16.3. The van der Waals surface area contributed by atoms with Crippen LogP contribution in [-0.2, 0) is 15.8 Å². The van der Waals surface area contributed by atoms with Crippen molar-refractivity contribution in [3.05, 3.63) is 60.2 Å². The SMILES string of the molecule is COc1ccc(-c2cc(-c3ccc(CS(N)(=O)=O)cc3)no2)cc1. The third-order valence-electron chi connectivity index (χ3n) is 3.50. The number of ether oxygens (including phenoxy) is 1. The summed E-state index contributed by atoms with van der Waals surface area (Å²) in [5, 5.41) is 9.10. The molecule has 124 valence electrons. The fourth-order valence-corrected chi connectivity index (χ4v) is 2.96. The number of hydrogen-bond donors (Lipinski definition) is 1. The van der Waals surface area contributed by atoms with Gasteiger partial charge in [-0.05, 0) is 29.8 Å². The smallest absolute Gasteiger partial charge is 0.213 e. The number of primary sulfonamides is 1. The van der Waals surface area contributed by atoms with Gasteiger partial charge in [-0.25, -0.2) is 13.6 Å². The number of sulfonamides is 1. The van der Waals surface area contributed by atoms with Crippen molar-refractivity contribution in [1.29, 1.82) is 0 Å². The Morgan fingerprint density at radius 2 is 1.67 bits per heavy atom. The van der Waals surface area contributed by atoms with E-state index in [2.05, 4.69) is 5.16 Å². The molecule has 0 amide bonds. The van der Waals surface area contributed by atoms with Crippen LogP contribution in [0.3, 0.4) is 0 Å². The van der Waals surface area contributed by atoms with Gasteiger partial charge >= 0.3 is 0 Å². The van der Waals surface area contributed by atoms with E-state index in [0.29, 0.717) is 17.0 Å². The molecule has 0 aliphatic rings. The topological polar surface area (TPSA) is 95.4 Å². The normalized spacial score (nSPS) is 11.4. The minimum Gasteiger partial charge on any atom is -0.497 e. The van der Waals surface area contributed by atoms with Gasteiger partial charge in [0.25, 0.3) is 0 Å². The van der Waals surface area contributed by atoms with Gasteiger partial charge in [0.15, 0.2) is 5.76 Å². The summed E-state index contributed by atoms with van der Waals surface area (Å²) in [6.45, 7) is 0. The van der Waals surface area contributed by atoms with Gasteiger partial charge in [-0.1, -0.05) is 29.4 Å². The Balaban J connectivity index is 1.82. The number of methoxy groups -OCH3 is 1.